The zero-order chi connectivity index (χ0) is 19.8. The Labute approximate surface area is 165 Å². The second-order valence-electron chi connectivity index (χ2n) is 6.56. The predicted octanol–water partition coefficient (Wildman–Crippen LogP) is 2.96. The van der Waals surface area contributed by atoms with Gasteiger partial charge in [-0.05, 0) is 18.2 Å². The Hall–Kier alpha value is -4.07. The van der Waals surface area contributed by atoms with Gasteiger partial charge in [-0.2, -0.15) is 15.2 Å². The average Bonchev–Trinajstić information content (AvgIpc) is 3.34. The van der Waals surface area contributed by atoms with E-state index >= 15 is 0 Å². The van der Waals surface area contributed by atoms with Crippen molar-refractivity contribution in [3.8, 4) is 22.5 Å². The summed E-state index contributed by atoms with van der Waals surface area (Å²) < 4.78 is 8.15. The van der Waals surface area contributed by atoms with Gasteiger partial charge in [0.15, 0.2) is 5.82 Å². The van der Waals surface area contributed by atoms with Gasteiger partial charge in [0.25, 0.3) is 5.56 Å². The second-order valence-corrected chi connectivity index (χ2v) is 6.56. The molecule has 0 amide bonds. The monoisotopic (exact) mass is 384 g/mol. The highest BCUT2D eigenvalue weighted by molar-refractivity contribution is 5.90. The predicted molar refractivity (Wildman–Crippen MR) is 106 cm³/mol. The molecular formula is C21H16N6O2. The normalized spacial score (nSPS) is 11.2. The number of rotatable bonds is 4. The van der Waals surface area contributed by atoms with Crippen LogP contribution >= 0.6 is 0 Å². The average molecular weight is 384 g/mol. The number of fused-ring (bicyclic) bond motifs is 1. The molecule has 0 unspecified atom stereocenters. The van der Waals surface area contributed by atoms with Gasteiger partial charge in [-0.25, -0.2) is 9.20 Å². The first kappa shape index (κ1) is 17.1. The summed E-state index contributed by atoms with van der Waals surface area (Å²) in [5.41, 5.74) is 3.93. The molecule has 0 aliphatic rings. The minimum absolute atomic E-state index is 0.129. The molecule has 8 heteroatoms. The first-order valence-corrected chi connectivity index (χ1v) is 9.09. The van der Waals surface area contributed by atoms with Gasteiger partial charge in [-0.1, -0.05) is 41.6 Å². The van der Waals surface area contributed by atoms with Gasteiger partial charge in [0.2, 0.25) is 5.89 Å². The summed E-state index contributed by atoms with van der Waals surface area (Å²) in [5.74, 6) is 0.843. The maximum absolute atomic E-state index is 12.4. The highest BCUT2D eigenvalue weighted by atomic mass is 16.5. The summed E-state index contributed by atoms with van der Waals surface area (Å²) in [7, 11) is 0. The van der Waals surface area contributed by atoms with E-state index in [0.29, 0.717) is 17.4 Å². The first-order valence-electron chi connectivity index (χ1n) is 9.09. The standard InChI is InChI=1S/C21H16N6O2/c1-14-22-18(25-29-14)13-27-19(28)11-10-16(23-27)20-17-9-5-6-12-26(17)24-21(20)15-7-3-2-4-8-15/h2-12H,13H2,1H3. The lowest BCUT2D eigenvalue weighted by molar-refractivity contribution is 0.384. The quantitative estimate of drug-likeness (QED) is 0.473. The van der Waals surface area contributed by atoms with Crippen molar-refractivity contribution in [3.05, 3.63) is 88.9 Å². The maximum atomic E-state index is 12.4. The molecule has 4 aromatic heterocycles. The van der Waals surface area contributed by atoms with E-state index in [2.05, 4.69) is 15.2 Å². The minimum Gasteiger partial charge on any atom is -0.340 e. The molecule has 0 radical (unpaired) electrons. The summed E-state index contributed by atoms with van der Waals surface area (Å²) in [5, 5.41) is 13.2. The molecule has 5 rings (SSSR count). The molecule has 4 heterocycles. The highest BCUT2D eigenvalue weighted by Gasteiger charge is 2.18. The molecule has 5 aromatic rings. The smallest absolute Gasteiger partial charge is 0.267 e. The summed E-state index contributed by atoms with van der Waals surface area (Å²) in [6, 6.07) is 19.0. The molecule has 8 nitrogen and oxygen atoms in total. The Morgan fingerprint density at radius 3 is 2.59 bits per heavy atom. The fourth-order valence-corrected chi connectivity index (χ4v) is 3.28. The van der Waals surface area contributed by atoms with Crippen LogP contribution in [0.1, 0.15) is 11.7 Å². The fraction of sp³-hybridized carbons (Fsp3) is 0.0952. The van der Waals surface area contributed by atoms with Crippen molar-refractivity contribution in [1.29, 1.82) is 0 Å². The molecular weight excluding hydrogens is 368 g/mol. The van der Waals surface area contributed by atoms with E-state index in [1.807, 2.05) is 59.2 Å². The SMILES string of the molecule is Cc1nc(Cn2nc(-c3c(-c4ccccc4)nn4ccccc34)ccc2=O)no1. The van der Waals surface area contributed by atoms with Crippen LogP contribution in [-0.2, 0) is 6.54 Å². The Bertz CT molecular complexity index is 1370. The van der Waals surface area contributed by atoms with Gasteiger partial charge in [0.05, 0.1) is 16.8 Å². The van der Waals surface area contributed by atoms with Gasteiger partial charge in [0, 0.05) is 24.8 Å². The van der Waals surface area contributed by atoms with E-state index in [1.165, 1.54) is 10.7 Å². The second kappa shape index (κ2) is 6.83. The lowest BCUT2D eigenvalue weighted by Gasteiger charge is -2.06. The van der Waals surface area contributed by atoms with E-state index in [0.717, 1.165) is 22.3 Å². The molecule has 0 spiro atoms. The minimum atomic E-state index is -0.242. The lowest BCUT2D eigenvalue weighted by atomic mass is 10.0. The van der Waals surface area contributed by atoms with Crippen LogP contribution in [-0.4, -0.2) is 29.5 Å². The summed E-state index contributed by atoms with van der Waals surface area (Å²) >= 11 is 0. The van der Waals surface area contributed by atoms with E-state index in [1.54, 1.807) is 13.0 Å². The third kappa shape index (κ3) is 3.10. The van der Waals surface area contributed by atoms with Crippen LogP contribution in [0.2, 0.25) is 0 Å². The maximum Gasteiger partial charge on any atom is 0.267 e. The van der Waals surface area contributed by atoms with Crippen molar-refractivity contribution in [1.82, 2.24) is 29.5 Å². The fourth-order valence-electron chi connectivity index (χ4n) is 3.28. The molecule has 0 aliphatic carbocycles. The molecule has 0 saturated carbocycles. The molecule has 0 aliphatic heterocycles. The van der Waals surface area contributed by atoms with Crippen LogP contribution in [0.4, 0.5) is 0 Å². The topological polar surface area (TPSA) is 91.1 Å². The van der Waals surface area contributed by atoms with Crippen molar-refractivity contribution in [2.75, 3.05) is 0 Å². The van der Waals surface area contributed by atoms with E-state index < -0.39 is 0 Å². The summed E-state index contributed by atoms with van der Waals surface area (Å²) in [6.45, 7) is 1.83. The summed E-state index contributed by atoms with van der Waals surface area (Å²) in [4.78, 5) is 16.5. The van der Waals surface area contributed by atoms with Crippen LogP contribution in [0.15, 0.2) is 76.2 Å². The van der Waals surface area contributed by atoms with Crippen molar-refractivity contribution in [2.24, 2.45) is 0 Å². The molecule has 0 N–H and O–H groups in total. The van der Waals surface area contributed by atoms with Crippen LogP contribution in [0.3, 0.4) is 0 Å². The van der Waals surface area contributed by atoms with Gasteiger partial charge in [-0.3, -0.25) is 4.79 Å². The molecule has 0 atom stereocenters. The number of benzene rings is 1. The molecule has 29 heavy (non-hydrogen) atoms. The van der Waals surface area contributed by atoms with Gasteiger partial charge in [0.1, 0.15) is 12.2 Å². The number of nitrogens with zero attached hydrogens (tertiary/aromatic N) is 6. The number of hydrogen-bond acceptors (Lipinski definition) is 6. The largest absolute Gasteiger partial charge is 0.340 e. The van der Waals surface area contributed by atoms with Crippen molar-refractivity contribution >= 4 is 5.52 Å². The Balaban J connectivity index is 1.69. The lowest BCUT2D eigenvalue weighted by Crippen LogP contribution is -2.23. The van der Waals surface area contributed by atoms with Gasteiger partial charge >= 0.3 is 0 Å². The number of aryl methyl sites for hydroxylation is 1. The van der Waals surface area contributed by atoms with Gasteiger partial charge in [-0.15, -0.1) is 0 Å². The van der Waals surface area contributed by atoms with E-state index in [-0.39, 0.29) is 12.1 Å². The summed E-state index contributed by atoms with van der Waals surface area (Å²) in [6.07, 6.45) is 1.89. The van der Waals surface area contributed by atoms with E-state index in [9.17, 15) is 4.79 Å². The Morgan fingerprint density at radius 2 is 1.79 bits per heavy atom. The van der Waals surface area contributed by atoms with Crippen molar-refractivity contribution in [3.63, 3.8) is 0 Å². The number of hydrogen-bond donors (Lipinski definition) is 0. The molecule has 0 saturated heterocycles. The van der Waals surface area contributed by atoms with Crippen LogP contribution in [0, 0.1) is 6.92 Å². The molecule has 0 bridgehead atoms. The van der Waals surface area contributed by atoms with Crippen LogP contribution in [0.25, 0.3) is 28.0 Å². The third-order valence-corrected chi connectivity index (χ3v) is 4.57. The Kier molecular flexibility index (Phi) is 4.02. The van der Waals surface area contributed by atoms with Crippen molar-refractivity contribution < 1.29 is 4.52 Å². The number of pyridine rings is 1. The van der Waals surface area contributed by atoms with Crippen molar-refractivity contribution in [2.45, 2.75) is 13.5 Å². The first-order chi connectivity index (χ1) is 14.2. The molecule has 142 valence electrons. The molecule has 1 aromatic carbocycles. The van der Waals surface area contributed by atoms with E-state index in [4.69, 9.17) is 9.62 Å². The Morgan fingerprint density at radius 1 is 0.966 bits per heavy atom. The van der Waals surface area contributed by atoms with Crippen LogP contribution in [0.5, 0.6) is 0 Å². The highest BCUT2D eigenvalue weighted by Crippen LogP contribution is 2.33. The zero-order valence-corrected chi connectivity index (χ0v) is 15.6. The number of aromatic nitrogens is 6. The van der Waals surface area contributed by atoms with Gasteiger partial charge < -0.3 is 4.52 Å². The van der Waals surface area contributed by atoms with Crippen LogP contribution < -0.4 is 5.56 Å². The third-order valence-electron chi connectivity index (χ3n) is 4.57. The zero-order valence-electron chi connectivity index (χ0n) is 15.6. The molecule has 0 fully saturated rings.